The van der Waals surface area contributed by atoms with Crippen molar-refractivity contribution in [3.8, 4) is 0 Å². The van der Waals surface area contributed by atoms with Gasteiger partial charge in [-0.1, -0.05) is 13.8 Å². The summed E-state index contributed by atoms with van der Waals surface area (Å²) in [7, 11) is 0. The molecule has 0 saturated carbocycles. The number of carbonyl (C=O) groups is 5. The first kappa shape index (κ1) is 49.6. The van der Waals surface area contributed by atoms with Gasteiger partial charge in [0.05, 0.1) is 0 Å². The highest BCUT2D eigenvalue weighted by atomic mass is 16.4. The zero-order valence-electron chi connectivity index (χ0n) is 17.1. The summed E-state index contributed by atoms with van der Waals surface area (Å²) in [4.78, 5) is 45.0. The Morgan fingerprint density at radius 2 is 0.593 bits per heavy atom. The summed E-state index contributed by atoms with van der Waals surface area (Å²) in [5.74, 6) is -4.17. The summed E-state index contributed by atoms with van der Waals surface area (Å²) >= 11 is 0. The van der Waals surface area contributed by atoms with Crippen LogP contribution in [-0.4, -0.2) is 68.5 Å². The van der Waals surface area contributed by atoms with Gasteiger partial charge in [-0.25, -0.2) is 0 Å². The van der Waals surface area contributed by atoms with Gasteiger partial charge in [0.15, 0.2) is 0 Å². The van der Waals surface area contributed by atoms with Crippen molar-refractivity contribution in [2.75, 3.05) is 13.1 Å². The third-order valence-corrected chi connectivity index (χ3v) is 0.500. The first-order valence-electron chi connectivity index (χ1n) is 6.76. The number of carboxylic acid groups (broad SMARTS) is 5. The summed E-state index contributed by atoms with van der Waals surface area (Å²) in [6.45, 7) is 11.8. The van der Waals surface area contributed by atoms with Crippen LogP contribution in [0.4, 0.5) is 0 Å². The van der Waals surface area contributed by atoms with E-state index in [9.17, 15) is 0 Å². The Bertz CT molecular complexity index is 258. The topological polar surface area (TPSA) is 269 Å². The van der Waals surface area contributed by atoms with Gasteiger partial charge in [-0.2, -0.15) is 0 Å². The van der Waals surface area contributed by atoms with E-state index in [-0.39, 0.29) is 12.3 Å². The summed E-state index contributed by atoms with van der Waals surface area (Å²) < 4.78 is 0. The van der Waals surface area contributed by atoms with Gasteiger partial charge in [0.2, 0.25) is 0 Å². The number of aliphatic carboxylic acids is 5. The predicted molar refractivity (Wildman–Crippen MR) is 101 cm³/mol. The van der Waals surface area contributed by atoms with Crippen LogP contribution in [0.3, 0.4) is 0 Å². The van der Waals surface area contributed by atoms with Crippen molar-refractivity contribution in [3.63, 3.8) is 0 Å². The predicted octanol–water partition coefficient (Wildman–Crippen LogP) is 1.39. The van der Waals surface area contributed by atoms with Crippen molar-refractivity contribution in [1.82, 2.24) is 17.6 Å². The molecule has 13 nitrogen and oxygen atoms in total. The number of hydrogen-bond acceptors (Lipinski definition) is 8. The smallest absolute Gasteiger partial charge is 0.300 e. The maximum absolute atomic E-state index is 9.00. The van der Waals surface area contributed by atoms with Gasteiger partial charge >= 0.3 is 0 Å². The van der Waals surface area contributed by atoms with Gasteiger partial charge in [-0.3, -0.25) is 24.0 Å². The highest BCUT2D eigenvalue weighted by molar-refractivity contribution is 5.63. The summed E-state index contributed by atoms with van der Waals surface area (Å²) in [5, 5.41) is 40.2. The van der Waals surface area contributed by atoms with Crippen LogP contribution in [0.5, 0.6) is 0 Å². The van der Waals surface area contributed by atoms with Crippen LogP contribution in [0.2, 0.25) is 0 Å². The van der Waals surface area contributed by atoms with Gasteiger partial charge in [0.25, 0.3) is 29.8 Å². The van der Waals surface area contributed by atoms with Gasteiger partial charge in [-0.05, 0) is 13.1 Å². The highest BCUT2D eigenvalue weighted by Crippen LogP contribution is 1.47. The van der Waals surface area contributed by atoms with Crippen molar-refractivity contribution in [2.45, 2.75) is 48.5 Å². The molecule has 0 unspecified atom stereocenters. The molecule has 168 valence electrons. The van der Waals surface area contributed by atoms with Crippen LogP contribution >= 0.6 is 0 Å². The number of carboxylic acids is 5. The molecular weight excluding hydrogens is 370 g/mol. The number of nitrogens with one attached hydrogen (secondary N) is 1. The zero-order valence-corrected chi connectivity index (χ0v) is 17.1. The monoisotopic (exact) mass is 407 g/mol. The van der Waals surface area contributed by atoms with E-state index in [4.69, 9.17) is 49.5 Å². The zero-order chi connectivity index (χ0) is 22.0. The fourth-order valence-corrected chi connectivity index (χ4v) is 0.250. The second-order valence-corrected chi connectivity index (χ2v) is 3.55. The lowest BCUT2D eigenvalue weighted by atomic mass is 10.7. The molecule has 0 fully saturated rings. The highest BCUT2D eigenvalue weighted by Gasteiger charge is 1.67. The fourth-order valence-electron chi connectivity index (χ4n) is 0.250. The number of hydrogen-bond donors (Lipinski definition) is 8. The first-order valence-corrected chi connectivity index (χ1v) is 6.76. The van der Waals surface area contributed by atoms with E-state index >= 15 is 0 Å². The Hall–Kier alpha value is -2.77. The lowest BCUT2D eigenvalue weighted by Gasteiger charge is -1.86. The number of rotatable bonds is 2. The van der Waals surface area contributed by atoms with E-state index in [2.05, 4.69) is 19.2 Å². The summed E-state index contributed by atoms with van der Waals surface area (Å²) in [5.41, 5.74) is 0. The lowest BCUT2D eigenvalue weighted by molar-refractivity contribution is -0.135. The standard InChI is InChI=1S/C4H11N.5C2H4O2.2H3N/c1-3-5-4-2;5*1-2(3)4;;/h5H,3-4H2,1-2H3;5*1H3,(H,3,4);2*1H3. The molecule has 0 rings (SSSR count). The minimum Gasteiger partial charge on any atom is -0.481 e. The molecule has 0 radical (unpaired) electrons. The van der Waals surface area contributed by atoms with Crippen LogP contribution in [0, 0.1) is 0 Å². The molecule has 0 spiro atoms. The maximum Gasteiger partial charge on any atom is 0.300 e. The Balaban J connectivity index is -0.0000000264. The molecule has 0 aromatic carbocycles. The Labute approximate surface area is 159 Å². The molecule has 0 aromatic rings. The van der Waals surface area contributed by atoms with Crippen LogP contribution in [0.1, 0.15) is 48.5 Å². The van der Waals surface area contributed by atoms with Crippen LogP contribution in [0.15, 0.2) is 0 Å². The van der Waals surface area contributed by atoms with Crippen molar-refractivity contribution in [1.29, 1.82) is 0 Å². The average Bonchev–Trinajstić information content (AvgIpc) is 2.25. The summed E-state index contributed by atoms with van der Waals surface area (Å²) in [6, 6.07) is 0. The SMILES string of the molecule is CC(=O)O.CC(=O)O.CC(=O)O.CC(=O)O.CC(=O)O.CCNCC.N.N. The molecule has 27 heavy (non-hydrogen) atoms. The molecule has 13 heteroatoms. The van der Waals surface area contributed by atoms with Crippen LogP contribution in [0.25, 0.3) is 0 Å². The largest absolute Gasteiger partial charge is 0.481 e. The molecule has 0 aliphatic carbocycles. The molecule has 0 aromatic heterocycles. The first-order chi connectivity index (χ1) is 11.1. The molecule has 12 N–H and O–H groups in total. The molecule has 0 bridgehead atoms. The van der Waals surface area contributed by atoms with E-state index in [0.717, 1.165) is 47.7 Å². The molecule has 0 amide bonds. The van der Waals surface area contributed by atoms with Gasteiger partial charge in [0.1, 0.15) is 0 Å². The maximum atomic E-state index is 9.00. The van der Waals surface area contributed by atoms with E-state index in [1.165, 1.54) is 0 Å². The summed E-state index contributed by atoms with van der Waals surface area (Å²) in [6.07, 6.45) is 0. The van der Waals surface area contributed by atoms with E-state index in [1.54, 1.807) is 0 Å². The third-order valence-electron chi connectivity index (χ3n) is 0.500. The van der Waals surface area contributed by atoms with Gasteiger partial charge in [0, 0.05) is 34.6 Å². The minimum absolute atomic E-state index is 0. The Morgan fingerprint density at radius 1 is 0.519 bits per heavy atom. The minimum atomic E-state index is -0.833. The molecule has 0 heterocycles. The Kier molecular flexibility index (Phi) is 91.0. The van der Waals surface area contributed by atoms with Crippen molar-refractivity contribution in [2.24, 2.45) is 0 Å². The second kappa shape index (κ2) is 49.5. The second-order valence-electron chi connectivity index (χ2n) is 3.55. The average molecular weight is 407 g/mol. The quantitative estimate of drug-likeness (QED) is 0.321. The normalized spacial score (nSPS) is 6.19. The molecule has 0 aliphatic rings. The van der Waals surface area contributed by atoms with Crippen molar-refractivity contribution in [3.05, 3.63) is 0 Å². The lowest BCUT2D eigenvalue weighted by Crippen LogP contribution is -2.09. The van der Waals surface area contributed by atoms with E-state index in [0.29, 0.717) is 0 Å². The van der Waals surface area contributed by atoms with E-state index in [1.807, 2.05) is 0 Å². The van der Waals surface area contributed by atoms with Gasteiger partial charge < -0.3 is 43.2 Å². The van der Waals surface area contributed by atoms with Crippen molar-refractivity contribution >= 4 is 29.8 Å². The van der Waals surface area contributed by atoms with Crippen LogP contribution in [-0.2, 0) is 24.0 Å². The molecule has 0 saturated heterocycles. The van der Waals surface area contributed by atoms with Gasteiger partial charge in [-0.15, -0.1) is 0 Å². The Morgan fingerprint density at radius 3 is 0.593 bits per heavy atom. The molecule has 0 aliphatic heterocycles. The molecular formula is C14H37N3O10. The third kappa shape index (κ3) is 17700. The molecule has 0 atom stereocenters. The van der Waals surface area contributed by atoms with Crippen LogP contribution < -0.4 is 17.6 Å². The van der Waals surface area contributed by atoms with Crippen molar-refractivity contribution < 1.29 is 49.5 Å². The fraction of sp³-hybridized carbons (Fsp3) is 0.643. The van der Waals surface area contributed by atoms with E-state index < -0.39 is 29.8 Å².